The molecule has 1 atom stereocenters. The minimum Gasteiger partial charge on any atom is -0.497 e. The third-order valence-electron chi connectivity index (χ3n) is 3.49. The Morgan fingerprint density at radius 2 is 2.24 bits per heavy atom. The molecule has 0 fully saturated rings. The number of nitrogens with zero attached hydrogens (tertiary/aromatic N) is 1. The number of ether oxygens (including phenoxy) is 1. The zero-order valence-electron chi connectivity index (χ0n) is 13.1. The SMILES string of the molecule is CCNC(C)CCCCSc1nc2ccc(OC)cc2[nH]1. The van der Waals surface area contributed by atoms with Crippen molar-refractivity contribution in [1.29, 1.82) is 0 Å². The molecule has 0 bridgehead atoms. The van der Waals surface area contributed by atoms with E-state index >= 15 is 0 Å². The highest BCUT2D eigenvalue weighted by Crippen LogP contribution is 2.23. The molecule has 116 valence electrons. The monoisotopic (exact) mass is 307 g/mol. The lowest BCUT2D eigenvalue weighted by Gasteiger charge is -2.11. The molecule has 0 saturated carbocycles. The molecule has 0 aliphatic rings. The van der Waals surface area contributed by atoms with Gasteiger partial charge in [0.1, 0.15) is 5.75 Å². The van der Waals surface area contributed by atoms with Crippen LogP contribution < -0.4 is 10.1 Å². The number of fused-ring (bicyclic) bond motifs is 1. The predicted molar refractivity (Wildman–Crippen MR) is 90.4 cm³/mol. The van der Waals surface area contributed by atoms with Crippen LogP contribution >= 0.6 is 11.8 Å². The molecule has 2 rings (SSSR count). The molecule has 5 heteroatoms. The molecule has 2 N–H and O–H groups in total. The number of nitrogens with one attached hydrogen (secondary N) is 2. The van der Waals surface area contributed by atoms with Crippen LogP contribution in [0.4, 0.5) is 0 Å². The van der Waals surface area contributed by atoms with Crippen molar-refractivity contribution < 1.29 is 4.74 Å². The first kappa shape index (κ1) is 16.2. The molecular formula is C16H25N3OS. The van der Waals surface area contributed by atoms with Gasteiger partial charge in [-0.2, -0.15) is 0 Å². The number of hydrogen-bond donors (Lipinski definition) is 2. The summed E-state index contributed by atoms with van der Waals surface area (Å²) in [5.74, 6) is 1.97. The molecule has 2 aromatic rings. The van der Waals surface area contributed by atoms with E-state index in [9.17, 15) is 0 Å². The summed E-state index contributed by atoms with van der Waals surface area (Å²) in [5.41, 5.74) is 2.04. The van der Waals surface area contributed by atoms with Crippen LogP contribution in [0.15, 0.2) is 23.4 Å². The van der Waals surface area contributed by atoms with Crippen molar-refractivity contribution in [1.82, 2.24) is 15.3 Å². The Labute approximate surface area is 131 Å². The number of H-pyrrole nitrogens is 1. The highest BCUT2D eigenvalue weighted by Gasteiger charge is 2.05. The number of thioether (sulfide) groups is 1. The fourth-order valence-corrected chi connectivity index (χ4v) is 3.22. The van der Waals surface area contributed by atoms with Crippen molar-refractivity contribution in [2.75, 3.05) is 19.4 Å². The average molecular weight is 307 g/mol. The lowest BCUT2D eigenvalue weighted by atomic mass is 10.1. The maximum Gasteiger partial charge on any atom is 0.166 e. The summed E-state index contributed by atoms with van der Waals surface area (Å²) in [5, 5.41) is 4.44. The maximum atomic E-state index is 5.23. The fraction of sp³-hybridized carbons (Fsp3) is 0.562. The van der Waals surface area contributed by atoms with Crippen molar-refractivity contribution >= 4 is 22.8 Å². The van der Waals surface area contributed by atoms with Gasteiger partial charge < -0.3 is 15.0 Å². The van der Waals surface area contributed by atoms with Crippen LogP contribution in [-0.2, 0) is 0 Å². The van der Waals surface area contributed by atoms with Gasteiger partial charge in [0.2, 0.25) is 0 Å². The summed E-state index contributed by atoms with van der Waals surface area (Å²) < 4.78 is 5.23. The number of aromatic nitrogens is 2. The van der Waals surface area contributed by atoms with E-state index in [1.54, 1.807) is 18.9 Å². The van der Waals surface area contributed by atoms with Crippen LogP contribution in [0.2, 0.25) is 0 Å². The molecule has 1 heterocycles. The van der Waals surface area contributed by atoms with Gasteiger partial charge in [0.25, 0.3) is 0 Å². The van der Waals surface area contributed by atoms with Crippen molar-refractivity contribution in [2.24, 2.45) is 0 Å². The Hall–Kier alpha value is -1.20. The van der Waals surface area contributed by atoms with Gasteiger partial charge in [-0.3, -0.25) is 0 Å². The first-order chi connectivity index (χ1) is 10.2. The van der Waals surface area contributed by atoms with Crippen LogP contribution in [0, 0.1) is 0 Å². The molecule has 0 radical (unpaired) electrons. The van der Waals surface area contributed by atoms with E-state index in [4.69, 9.17) is 4.74 Å². The number of aromatic amines is 1. The first-order valence-corrected chi connectivity index (χ1v) is 8.61. The van der Waals surface area contributed by atoms with E-state index in [1.165, 1.54) is 19.3 Å². The van der Waals surface area contributed by atoms with Crippen molar-refractivity contribution in [3.63, 3.8) is 0 Å². The average Bonchev–Trinajstić information content (AvgIpc) is 2.88. The van der Waals surface area contributed by atoms with Gasteiger partial charge in [0.05, 0.1) is 18.1 Å². The Bertz CT molecular complexity index is 555. The summed E-state index contributed by atoms with van der Waals surface area (Å²) >= 11 is 1.80. The van der Waals surface area contributed by atoms with E-state index in [1.807, 2.05) is 18.2 Å². The summed E-state index contributed by atoms with van der Waals surface area (Å²) in [7, 11) is 1.68. The minimum atomic E-state index is 0.624. The van der Waals surface area contributed by atoms with Gasteiger partial charge in [-0.25, -0.2) is 4.98 Å². The summed E-state index contributed by atoms with van der Waals surface area (Å²) in [4.78, 5) is 7.94. The number of imidazole rings is 1. The molecule has 0 aliphatic heterocycles. The maximum absolute atomic E-state index is 5.23. The number of rotatable bonds is 9. The molecule has 1 aromatic heterocycles. The normalized spacial score (nSPS) is 12.7. The van der Waals surface area contributed by atoms with Crippen molar-refractivity contribution in [3.8, 4) is 5.75 Å². The summed E-state index contributed by atoms with van der Waals surface area (Å²) in [6, 6.07) is 6.55. The van der Waals surface area contributed by atoms with Gasteiger partial charge in [-0.05, 0) is 38.4 Å². The highest BCUT2D eigenvalue weighted by atomic mass is 32.2. The number of methoxy groups -OCH3 is 1. The van der Waals surface area contributed by atoms with E-state index in [0.29, 0.717) is 6.04 Å². The topological polar surface area (TPSA) is 49.9 Å². The molecule has 0 spiro atoms. The zero-order chi connectivity index (χ0) is 15.1. The Balaban J connectivity index is 1.76. The summed E-state index contributed by atoms with van der Waals surface area (Å²) in [6.45, 7) is 5.46. The second kappa shape index (κ2) is 8.29. The second-order valence-corrected chi connectivity index (χ2v) is 6.31. The van der Waals surface area contributed by atoms with Crippen LogP contribution in [0.1, 0.15) is 33.1 Å². The van der Waals surface area contributed by atoms with E-state index < -0.39 is 0 Å². The van der Waals surface area contributed by atoms with Crippen LogP contribution in [-0.4, -0.2) is 35.4 Å². The molecule has 1 unspecified atom stereocenters. The molecule has 0 aliphatic carbocycles. The molecular weight excluding hydrogens is 282 g/mol. The number of hydrogen-bond acceptors (Lipinski definition) is 4. The van der Waals surface area contributed by atoms with E-state index in [-0.39, 0.29) is 0 Å². The van der Waals surface area contributed by atoms with Crippen molar-refractivity contribution in [3.05, 3.63) is 18.2 Å². The minimum absolute atomic E-state index is 0.624. The van der Waals surface area contributed by atoms with E-state index in [0.717, 1.165) is 34.2 Å². The molecule has 4 nitrogen and oxygen atoms in total. The smallest absolute Gasteiger partial charge is 0.166 e. The Morgan fingerprint density at radius 1 is 1.38 bits per heavy atom. The Morgan fingerprint density at radius 3 is 3.00 bits per heavy atom. The van der Waals surface area contributed by atoms with Gasteiger partial charge in [0, 0.05) is 17.9 Å². The summed E-state index contributed by atoms with van der Waals surface area (Å²) in [6.07, 6.45) is 3.72. The second-order valence-electron chi connectivity index (χ2n) is 5.23. The zero-order valence-corrected chi connectivity index (χ0v) is 13.9. The third kappa shape index (κ3) is 4.93. The third-order valence-corrected chi connectivity index (χ3v) is 4.45. The predicted octanol–water partition coefficient (Wildman–Crippen LogP) is 3.83. The van der Waals surface area contributed by atoms with Gasteiger partial charge in [-0.15, -0.1) is 0 Å². The molecule has 21 heavy (non-hydrogen) atoms. The lowest BCUT2D eigenvalue weighted by Crippen LogP contribution is -2.25. The quantitative estimate of drug-likeness (QED) is 0.546. The number of unbranched alkanes of at least 4 members (excludes halogenated alkanes) is 1. The first-order valence-electron chi connectivity index (χ1n) is 7.63. The standard InChI is InChI=1S/C16H25N3OS/c1-4-17-12(2)7-5-6-10-21-16-18-14-9-8-13(20-3)11-15(14)19-16/h8-9,11-12,17H,4-7,10H2,1-3H3,(H,18,19). The molecule has 0 saturated heterocycles. The lowest BCUT2D eigenvalue weighted by molar-refractivity contribution is 0.415. The van der Waals surface area contributed by atoms with Crippen LogP contribution in [0.5, 0.6) is 5.75 Å². The van der Waals surface area contributed by atoms with Crippen molar-refractivity contribution in [2.45, 2.75) is 44.3 Å². The molecule has 0 amide bonds. The largest absolute Gasteiger partial charge is 0.497 e. The number of benzene rings is 1. The highest BCUT2D eigenvalue weighted by molar-refractivity contribution is 7.99. The Kier molecular flexibility index (Phi) is 6.39. The van der Waals surface area contributed by atoms with Gasteiger partial charge in [0.15, 0.2) is 5.16 Å². The fourth-order valence-electron chi connectivity index (χ4n) is 2.33. The van der Waals surface area contributed by atoms with Crippen LogP contribution in [0.3, 0.4) is 0 Å². The molecule has 1 aromatic carbocycles. The van der Waals surface area contributed by atoms with Crippen LogP contribution in [0.25, 0.3) is 11.0 Å². The van der Waals surface area contributed by atoms with Gasteiger partial charge >= 0.3 is 0 Å². The van der Waals surface area contributed by atoms with Gasteiger partial charge in [-0.1, -0.05) is 25.1 Å². The van der Waals surface area contributed by atoms with E-state index in [2.05, 4.69) is 29.1 Å².